The number of ether oxygens (including phenoxy) is 3. The second-order valence-electron chi connectivity index (χ2n) is 5.54. The van der Waals surface area contributed by atoms with E-state index in [1.54, 1.807) is 25.3 Å². The van der Waals surface area contributed by atoms with Crippen LogP contribution in [-0.2, 0) is 0 Å². The Morgan fingerprint density at radius 1 is 1.12 bits per heavy atom. The van der Waals surface area contributed by atoms with Gasteiger partial charge in [0.15, 0.2) is 0 Å². The molecule has 1 unspecified atom stereocenters. The smallest absolute Gasteiger partial charge is 0.344 e. The molecule has 0 spiro atoms. The molecule has 0 heterocycles. The third kappa shape index (κ3) is 4.38. The van der Waals surface area contributed by atoms with Crippen molar-refractivity contribution in [2.45, 2.75) is 26.9 Å². The molecule has 0 amide bonds. The Kier molecular flexibility index (Phi) is 5.63. The number of nitrogens with zero attached hydrogens (tertiary/aromatic N) is 1. The van der Waals surface area contributed by atoms with E-state index in [4.69, 9.17) is 14.2 Å². The fourth-order valence-corrected chi connectivity index (χ4v) is 2.43. The maximum atomic E-state index is 10.4. The first kappa shape index (κ1) is 17.6. The van der Waals surface area contributed by atoms with Crippen LogP contribution in [0.3, 0.4) is 0 Å². The summed E-state index contributed by atoms with van der Waals surface area (Å²) in [5.41, 5.74) is 3.08. The molecule has 0 aliphatic rings. The Morgan fingerprint density at radius 3 is 2.50 bits per heavy atom. The topological polar surface area (TPSA) is 70.8 Å². The van der Waals surface area contributed by atoms with E-state index in [0.717, 1.165) is 16.9 Å². The maximum Gasteiger partial charge on any atom is 0.344 e. The van der Waals surface area contributed by atoms with E-state index in [2.05, 4.69) is 6.07 Å². The first-order valence-corrected chi connectivity index (χ1v) is 7.57. The van der Waals surface area contributed by atoms with Crippen LogP contribution in [0, 0.1) is 24.0 Å². The Balaban J connectivity index is 2.18. The predicted octanol–water partition coefficient (Wildman–Crippen LogP) is 4.07. The van der Waals surface area contributed by atoms with Crippen LogP contribution in [0.2, 0.25) is 0 Å². The number of aryl methyl sites for hydroxylation is 2. The molecule has 0 bridgehead atoms. The van der Waals surface area contributed by atoms with Gasteiger partial charge in [-0.2, -0.15) is 0 Å². The Labute approximate surface area is 141 Å². The molecule has 0 saturated carbocycles. The first-order valence-electron chi connectivity index (χ1n) is 7.57. The lowest BCUT2D eigenvalue weighted by molar-refractivity contribution is -0.514. The summed E-state index contributed by atoms with van der Waals surface area (Å²) < 4.78 is 16.5. The van der Waals surface area contributed by atoms with Crippen LogP contribution in [-0.4, -0.2) is 18.8 Å². The maximum absolute atomic E-state index is 10.4. The van der Waals surface area contributed by atoms with Gasteiger partial charge in [-0.1, -0.05) is 17.7 Å². The fourth-order valence-electron chi connectivity index (χ4n) is 2.43. The molecule has 0 fully saturated rings. The van der Waals surface area contributed by atoms with Crippen molar-refractivity contribution in [3.05, 3.63) is 63.2 Å². The van der Waals surface area contributed by atoms with Crippen LogP contribution in [0.5, 0.6) is 17.2 Å². The number of hydrogen-bond donors (Lipinski definition) is 0. The zero-order valence-electron chi connectivity index (χ0n) is 14.2. The van der Waals surface area contributed by atoms with Gasteiger partial charge in [0.2, 0.25) is 0 Å². The normalized spacial score (nSPS) is 11.7. The fraction of sp³-hybridized carbons (Fsp3) is 0.333. The molecule has 128 valence electrons. The van der Waals surface area contributed by atoms with Gasteiger partial charge in [0.25, 0.3) is 0 Å². The molecule has 6 nitrogen and oxygen atoms in total. The van der Waals surface area contributed by atoms with E-state index in [-0.39, 0.29) is 6.10 Å². The third-order valence-electron chi connectivity index (χ3n) is 3.61. The quantitative estimate of drug-likeness (QED) is 0.434. The molecule has 0 aliphatic heterocycles. The summed E-state index contributed by atoms with van der Waals surface area (Å²) >= 11 is 0. The van der Waals surface area contributed by atoms with Gasteiger partial charge in [-0.05, 0) is 44.5 Å². The van der Waals surface area contributed by atoms with Crippen LogP contribution in [0.4, 0.5) is 0 Å². The number of nitro groups is 1. The molecular formula is C18H21NO5. The monoisotopic (exact) mass is 331 g/mol. The lowest BCUT2D eigenvalue weighted by Gasteiger charge is -2.19. The molecule has 0 radical (unpaired) electrons. The lowest BCUT2D eigenvalue weighted by Crippen LogP contribution is -2.09. The highest BCUT2D eigenvalue weighted by Crippen LogP contribution is 2.33. The van der Waals surface area contributed by atoms with Gasteiger partial charge in [0, 0.05) is 11.6 Å². The van der Waals surface area contributed by atoms with Crippen LogP contribution < -0.4 is 14.2 Å². The van der Waals surface area contributed by atoms with Crippen molar-refractivity contribution in [2.24, 2.45) is 0 Å². The van der Waals surface area contributed by atoms with E-state index >= 15 is 0 Å². The number of rotatable bonds is 7. The van der Waals surface area contributed by atoms with Crippen LogP contribution in [0.1, 0.15) is 29.7 Å². The minimum atomic E-state index is -0.586. The second kappa shape index (κ2) is 7.68. The third-order valence-corrected chi connectivity index (χ3v) is 3.61. The van der Waals surface area contributed by atoms with E-state index < -0.39 is 11.7 Å². The SMILES string of the molecule is COc1cc(OC[N+](=O)[O-])ccc1C(C)Oc1ccc(C)cc1C. The van der Waals surface area contributed by atoms with E-state index in [1.807, 2.05) is 32.9 Å². The molecule has 2 aromatic rings. The van der Waals surface area contributed by atoms with Crippen LogP contribution in [0.25, 0.3) is 0 Å². The van der Waals surface area contributed by atoms with Crippen molar-refractivity contribution in [1.82, 2.24) is 0 Å². The molecule has 24 heavy (non-hydrogen) atoms. The summed E-state index contributed by atoms with van der Waals surface area (Å²) in [6.45, 7) is 5.37. The number of hydrogen-bond acceptors (Lipinski definition) is 5. The summed E-state index contributed by atoms with van der Waals surface area (Å²) in [5.74, 6) is 1.75. The largest absolute Gasteiger partial charge is 0.496 e. The number of methoxy groups -OCH3 is 1. The molecular weight excluding hydrogens is 310 g/mol. The standard InChI is InChI=1S/C18H21NO5/c1-12-5-8-17(13(2)9-12)24-14(3)16-7-6-15(10-18(16)22-4)23-11-19(20)21/h5-10,14H,11H2,1-4H3. The van der Waals surface area contributed by atoms with Crippen molar-refractivity contribution >= 4 is 0 Å². The van der Waals surface area contributed by atoms with E-state index in [1.165, 1.54) is 5.56 Å². The van der Waals surface area contributed by atoms with Crippen molar-refractivity contribution in [3.8, 4) is 17.2 Å². The van der Waals surface area contributed by atoms with Gasteiger partial charge in [-0.15, -0.1) is 0 Å². The summed E-state index contributed by atoms with van der Waals surface area (Å²) in [6.07, 6.45) is -0.245. The number of benzene rings is 2. The van der Waals surface area contributed by atoms with Crippen molar-refractivity contribution in [3.63, 3.8) is 0 Å². The van der Waals surface area contributed by atoms with Crippen molar-refractivity contribution in [1.29, 1.82) is 0 Å². The average molecular weight is 331 g/mol. The lowest BCUT2D eigenvalue weighted by atomic mass is 10.1. The Hall–Kier alpha value is -2.76. The molecule has 2 rings (SSSR count). The van der Waals surface area contributed by atoms with Gasteiger partial charge in [-0.3, -0.25) is 10.1 Å². The molecule has 0 N–H and O–H groups in total. The highest BCUT2D eigenvalue weighted by molar-refractivity contribution is 5.43. The van der Waals surface area contributed by atoms with Gasteiger partial charge in [0.05, 0.1) is 12.0 Å². The van der Waals surface area contributed by atoms with E-state index in [0.29, 0.717) is 11.5 Å². The van der Waals surface area contributed by atoms with Crippen LogP contribution >= 0.6 is 0 Å². The molecule has 2 aromatic carbocycles. The molecule has 6 heteroatoms. The molecule has 1 atom stereocenters. The summed E-state index contributed by atoms with van der Waals surface area (Å²) in [7, 11) is 1.54. The van der Waals surface area contributed by atoms with Crippen LogP contribution in [0.15, 0.2) is 36.4 Å². The highest BCUT2D eigenvalue weighted by atomic mass is 16.7. The molecule has 0 aliphatic carbocycles. The van der Waals surface area contributed by atoms with Gasteiger partial charge in [0.1, 0.15) is 23.4 Å². The highest BCUT2D eigenvalue weighted by Gasteiger charge is 2.15. The Morgan fingerprint density at radius 2 is 1.88 bits per heavy atom. The van der Waals surface area contributed by atoms with Crippen molar-refractivity contribution in [2.75, 3.05) is 13.8 Å². The molecule has 0 saturated heterocycles. The summed E-state index contributed by atoms with van der Waals surface area (Å²) in [5, 5.41) is 10.4. The minimum absolute atomic E-state index is 0.245. The van der Waals surface area contributed by atoms with Gasteiger partial charge < -0.3 is 14.2 Å². The van der Waals surface area contributed by atoms with Gasteiger partial charge in [-0.25, -0.2) is 0 Å². The van der Waals surface area contributed by atoms with Gasteiger partial charge >= 0.3 is 6.73 Å². The summed E-state index contributed by atoms with van der Waals surface area (Å²) in [6, 6.07) is 11.1. The first-order chi connectivity index (χ1) is 11.4. The zero-order valence-corrected chi connectivity index (χ0v) is 14.2. The molecule has 0 aromatic heterocycles. The summed E-state index contributed by atoms with van der Waals surface area (Å²) in [4.78, 5) is 9.86. The Bertz CT molecular complexity index is 729. The minimum Gasteiger partial charge on any atom is -0.496 e. The predicted molar refractivity (Wildman–Crippen MR) is 90.4 cm³/mol. The van der Waals surface area contributed by atoms with Crippen molar-refractivity contribution < 1.29 is 19.1 Å². The zero-order chi connectivity index (χ0) is 17.7. The second-order valence-corrected chi connectivity index (χ2v) is 5.54. The average Bonchev–Trinajstić information content (AvgIpc) is 2.55. The van der Waals surface area contributed by atoms with E-state index in [9.17, 15) is 10.1 Å².